The lowest BCUT2D eigenvalue weighted by atomic mass is 9.83. The Balaban J connectivity index is 1.76. The minimum Gasteiger partial charge on any atom is -0.481 e. The number of benzene rings is 1. The first kappa shape index (κ1) is 20.2. The molecule has 1 N–H and O–H groups in total. The van der Waals surface area contributed by atoms with E-state index >= 15 is 0 Å². The van der Waals surface area contributed by atoms with Crippen molar-refractivity contribution >= 4 is 5.97 Å². The summed E-state index contributed by atoms with van der Waals surface area (Å²) in [5.41, 5.74) is 0.233. The van der Waals surface area contributed by atoms with Gasteiger partial charge in [0.25, 0.3) is 0 Å². The molecule has 1 aliphatic heterocycles. The molecule has 0 radical (unpaired) electrons. The minimum atomic E-state index is -4.33. The van der Waals surface area contributed by atoms with Crippen LogP contribution in [0.4, 0.5) is 13.2 Å². The van der Waals surface area contributed by atoms with Crippen LogP contribution < -0.4 is 0 Å². The van der Waals surface area contributed by atoms with E-state index in [4.69, 9.17) is 5.11 Å². The van der Waals surface area contributed by atoms with Crippen molar-refractivity contribution in [2.24, 2.45) is 11.8 Å². The fourth-order valence-electron chi connectivity index (χ4n) is 4.68. The molecule has 3 nitrogen and oxygen atoms in total. The summed E-state index contributed by atoms with van der Waals surface area (Å²) in [7, 11) is 0. The molecule has 6 heteroatoms. The average molecular weight is 383 g/mol. The fourth-order valence-corrected chi connectivity index (χ4v) is 4.68. The van der Waals surface area contributed by atoms with E-state index in [9.17, 15) is 18.0 Å². The molecular formula is C21H28F3NO2. The number of piperidine rings is 1. The average Bonchev–Trinajstić information content (AvgIpc) is 2.63. The lowest BCUT2D eigenvalue weighted by Crippen LogP contribution is -2.40. The van der Waals surface area contributed by atoms with Crippen LogP contribution in [0.1, 0.15) is 68.5 Å². The van der Waals surface area contributed by atoms with Crippen molar-refractivity contribution in [3.63, 3.8) is 0 Å². The number of carbonyl (C=O) groups is 1. The molecule has 27 heavy (non-hydrogen) atoms. The van der Waals surface area contributed by atoms with Crippen molar-refractivity contribution in [1.29, 1.82) is 0 Å². The van der Waals surface area contributed by atoms with Gasteiger partial charge in [-0.1, -0.05) is 31.4 Å². The Morgan fingerprint density at radius 1 is 1.04 bits per heavy atom. The van der Waals surface area contributed by atoms with Crippen LogP contribution in [-0.4, -0.2) is 29.1 Å². The van der Waals surface area contributed by atoms with Gasteiger partial charge < -0.3 is 5.11 Å². The van der Waals surface area contributed by atoms with Gasteiger partial charge in [-0.25, -0.2) is 0 Å². The standard InChI is InChI=1S/C21H28F3NO2/c22-21(23,24)18-8-6-17(7-9-18)19-12-16(13-20(26)27)10-11-25(19)14-15-4-2-1-3-5-15/h6-9,15-16,19H,1-5,10-14H2,(H,26,27). The molecule has 0 bridgehead atoms. The van der Waals surface area contributed by atoms with Crippen molar-refractivity contribution in [3.05, 3.63) is 35.4 Å². The highest BCUT2D eigenvalue weighted by Crippen LogP contribution is 2.39. The molecule has 1 aliphatic carbocycles. The van der Waals surface area contributed by atoms with Crippen molar-refractivity contribution in [2.75, 3.05) is 13.1 Å². The first-order chi connectivity index (χ1) is 12.8. The molecule has 0 aromatic heterocycles. The monoisotopic (exact) mass is 383 g/mol. The Morgan fingerprint density at radius 3 is 2.30 bits per heavy atom. The van der Waals surface area contributed by atoms with E-state index in [0.29, 0.717) is 12.3 Å². The number of halogens is 3. The van der Waals surface area contributed by atoms with E-state index in [1.54, 1.807) is 12.1 Å². The van der Waals surface area contributed by atoms with E-state index in [0.717, 1.165) is 37.2 Å². The molecule has 2 fully saturated rings. The molecule has 0 amide bonds. The van der Waals surface area contributed by atoms with Crippen LogP contribution in [-0.2, 0) is 11.0 Å². The predicted molar refractivity (Wildman–Crippen MR) is 97.3 cm³/mol. The van der Waals surface area contributed by atoms with Gasteiger partial charge in [0, 0.05) is 19.0 Å². The lowest BCUT2D eigenvalue weighted by molar-refractivity contribution is -0.139. The second-order valence-corrected chi connectivity index (χ2v) is 8.12. The Morgan fingerprint density at radius 2 is 1.70 bits per heavy atom. The number of carboxylic acid groups (broad SMARTS) is 1. The van der Waals surface area contributed by atoms with Gasteiger partial charge in [-0.05, 0) is 61.8 Å². The largest absolute Gasteiger partial charge is 0.481 e. The van der Waals surface area contributed by atoms with Gasteiger partial charge in [0.1, 0.15) is 0 Å². The number of alkyl halides is 3. The quantitative estimate of drug-likeness (QED) is 0.728. The van der Waals surface area contributed by atoms with Gasteiger partial charge in [-0.2, -0.15) is 13.2 Å². The molecule has 2 unspecified atom stereocenters. The third kappa shape index (κ3) is 5.47. The summed E-state index contributed by atoms with van der Waals surface area (Å²) in [6.07, 6.45) is 3.58. The molecule has 1 aromatic rings. The van der Waals surface area contributed by atoms with Gasteiger partial charge in [0.05, 0.1) is 5.56 Å². The van der Waals surface area contributed by atoms with E-state index in [1.807, 2.05) is 0 Å². The molecule has 1 heterocycles. The zero-order valence-corrected chi connectivity index (χ0v) is 15.5. The normalized spacial score (nSPS) is 25.4. The second-order valence-electron chi connectivity index (χ2n) is 8.12. The number of nitrogens with zero attached hydrogens (tertiary/aromatic N) is 1. The predicted octanol–water partition coefficient (Wildman–Crippen LogP) is 5.51. The number of aliphatic carboxylic acids is 1. The van der Waals surface area contributed by atoms with Crippen molar-refractivity contribution in [2.45, 2.75) is 63.6 Å². The van der Waals surface area contributed by atoms with Crippen LogP contribution in [0.15, 0.2) is 24.3 Å². The second kappa shape index (κ2) is 8.63. The summed E-state index contributed by atoms with van der Waals surface area (Å²) in [6.45, 7) is 1.78. The number of carboxylic acids is 1. The molecule has 1 aromatic carbocycles. The summed E-state index contributed by atoms with van der Waals surface area (Å²) in [5, 5.41) is 9.14. The number of rotatable bonds is 5. The summed E-state index contributed by atoms with van der Waals surface area (Å²) in [4.78, 5) is 13.5. The van der Waals surface area contributed by atoms with Gasteiger partial charge >= 0.3 is 12.1 Å². The van der Waals surface area contributed by atoms with Crippen LogP contribution in [0, 0.1) is 11.8 Å². The van der Waals surface area contributed by atoms with E-state index in [-0.39, 0.29) is 18.4 Å². The highest BCUT2D eigenvalue weighted by Gasteiger charge is 2.34. The molecular weight excluding hydrogens is 355 g/mol. The van der Waals surface area contributed by atoms with Gasteiger partial charge in [0.15, 0.2) is 0 Å². The van der Waals surface area contributed by atoms with E-state index in [1.165, 1.54) is 32.1 Å². The number of hydrogen-bond acceptors (Lipinski definition) is 2. The van der Waals surface area contributed by atoms with Crippen LogP contribution in [0.5, 0.6) is 0 Å². The molecule has 0 spiro atoms. The van der Waals surface area contributed by atoms with Crippen LogP contribution in [0.25, 0.3) is 0 Å². The summed E-state index contributed by atoms with van der Waals surface area (Å²) >= 11 is 0. The van der Waals surface area contributed by atoms with Crippen molar-refractivity contribution in [3.8, 4) is 0 Å². The summed E-state index contributed by atoms with van der Waals surface area (Å²) < 4.78 is 38.6. The maximum Gasteiger partial charge on any atom is 0.416 e. The van der Waals surface area contributed by atoms with Crippen molar-refractivity contribution < 1.29 is 23.1 Å². The first-order valence-electron chi connectivity index (χ1n) is 9.96. The third-order valence-corrected chi connectivity index (χ3v) is 6.13. The smallest absolute Gasteiger partial charge is 0.416 e. The van der Waals surface area contributed by atoms with Gasteiger partial charge in [0.2, 0.25) is 0 Å². The Hall–Kier alpha value is -1.56. The zero-order chi connectivity index (χ0) is 19.4. The molecule has 1 saturated heterocycles. The van der Waals surface area contributed by atoms with Gasteiger partial charge in [-0.15, -0.1) is 0 Å². The third-order valence-electron chi connectivity index (χ3n) is 6.13. The molecule has 150 valence electrons. The zero-order valence-electron chi connectivity index (χ0n) is 15.5. The maximum atomic E-state index is 12.9. The molecule has 3 rings (SSSR count). The maximum absolute atomic E-state index is 12.9. The summed E-state index contributed by atoms with van der Waals surface area (Å²) in [5.74, 6) is -0.0731. The Labute approximate surface area is 158 Å². The number of likely N-dealkylation sites (tertiary alicyclic amines) is 1. The number of hydrogen-bond donors (Lipinski definition) is 1. The van der Waals surface area contributed by atoms with E-state index < -0.39 is 17.7 Å². The summed E-state index contributed by atoms with van der Waals surface area (Å²) in [6, 6.07) is 5.45. The Bertz CT molecular complexity index is 623. The van der Waals surface area contributed by atoms with Gasteiger partial charge in [-0.3, -0.25) is 9.69 Å². The van der Waals surface area contributed by atoms with E-state index in [2.05, 4.69) is 4.90 Å². The molecule has 1 saturated carbocycles. The fraction of sp³-hybridized carbons (Fsp3) is 0.667. The van der Waals surface area contributed by atoms with Crippen LogP contribution in [0.2, 0.25) is 0 Å². The lowest BCUT2D eigenvalue weighted by Gasteiger charge is -2.42. The topological polar surface area (TPSA) is 40.5 Å². The van der Waals surface area contributed by atoms with Crippen molar-refractivity contribution in [1.82, 2.24) is 4.90 Å². The minimum absolute atomic E-state index is 0.00677. The molecule has 2 atom stereocenters. The highest BCUT2D eigenvalue weighted by atomic mass is 19.4. The SMILES string of the molecule is O=C(O)CC1CCN(CC2CCCCC2)C(c2ccc(C(F)(F)F)cc2)C1. The molecule has 2 aliphatic rings. The first-order valence-corrected chi connectivity index (χ1v) is 9.96. The highest BCUT2D eigenvalue weighted by molar-refractivity contribution is 5.67. The Kier molecular flexibility index (Phi) is 6.45. The van der Waals surface area contributed by atoms with Crippen LogP contribution in [0.3, 0.4) is 0 Å². The van der Waals surface area contributed by atoms with Crippen LogP contribution >= 0.6 is 0 Å².